The van der Waals surface area contributed by atoms with Gasteiger partial charge in [-0.15, -0.1) is 0 Å². The second kappa shape index (κ2) is 4.46. The van der Waals surface area contributed by atoms with E-state index in [-0.39, 0.29) is 17.9 Å². The van der Waals surface area contributed by atoms with Crippen LogP contribution in [0.4, 0.5) is 0 Å². The highest BCUT2D eigenvalue weighted by atomic mass is 32.2. The van der Waals surface area contributed by atoms with Crippen molar-refractivity contribution in [2.45, 2.75) is 19.4 Å². The summed E-state index contributed by atoms with van der Waals surface area (Å²) in [6.07, 6.45) is 5.47. The summed E-state index contributed by atoms with van der Waals surface area (Å²) in [5, 5.41) is 0. The molecule has 0 fully saturated rings. The summed E-state index contributed by atoms with van der Waals surface area (Å²) in [5.74, 6) is 0.465. The van der Waals surface area contributed by atoms with E-state index in [1.165, 1.54) is 17.1 Å². The van der Waals surface area contributed by atoms with Gasteiger partial charge >= 0.3 is 0 Å². The lowest BCUT2D eigenvalue weighted by Crippen LogP contribution is -2.41. The third-order valence-electron chi connectivity index (χ3n) is 2.04. The number of amides is 2. The lowest BCUT2D eigenvalue weighted by molar-refractivity contribution is -0.139. The second-order valence-corrected chi connectivity index (χ2v) is 3.81. The lowest BCUT2D eigenvalue weighted by Gasteiger charge is -2.23. The van der Waals surface area contributed by atoms with Gasteiger partial charge in [0.15, 0.2) is 0 Å². The Kier molecular flexibility index (Phi) is 3.54. The molecule has 0 aliphatic carbocycles. The van der Waals surface area contributed by atoms with Crippen molar-refractivity contribution in [2.75, 3.05) is 12.0 Å². The van der Waals surface area contributed by atoms with Crippen LogP contribution in [0.2, 0.25) is 0 Å². The van der Waals surface area contributed by atoms with E-state index in [1.807, 2.05) is 13.2 Å². The lowest BCUT2D eigenvalue weighted by atomic mass is 10.2. The first kappa shape index (κ1) is 10.3. The van der Waals surface area contributed by atoms with E-state index < -0.39 is 0 Å². The average molecular weight is 199 g/mol. The van der Waals surface area contributed by atoms with E-state index in [0.717, 1.165) is 12.2 Å². The molecule has 0 saturated carbocycles. The minimum Gasteiger partial charge on any atom is -0.271 e. The molecule has 0 saturated heterocycles. The van der Waals surface area contributed by atoms with E-state index in [4.69, 9.17) is 0 Å². The first-order valence-corrected chi connectivity index (χ1v) is 5.64. The predicted octanol–water partition coefficient (Wildman–Crippen LogP) is 1.05. The molecule has 3 nitrogen and oxygen atoms in total. The smallest absolute Gasteiger partial charge is 0.253 e. The molecule has 0 bridgehead atoms. The number of imide groups is 1. The molecule has 4 heteroatoms. The summed E-state index contributed by atoms with van der Waals surface area (Å²) < 4.78 is 0. The Balaban J connectivity index is 2.68. The van der Waals surface area contributed by atoms with Crippen molar-refractivity contribution in [1.29, 1.82) is 0 Å². The van der Waals surface area contributed by atoms with Crippen LogP contribution in [0.15, 0.2) is 12.2 Å². The van der Waals surface area contributed by atoms with Gasteiger partial charge in [-0.25, -0.2) is 0 Å². The molecule has 1 rings (SSSR count). The van der Waals surface area contributed by atoms with Crippen LogP contribution in [0.1, 0.15) is 13.3 Å². The molecule has 0 N–H and O–H groups in total. The first-order valence-electron chi connectivity index (χ1n) is 4.24. The van der Waals surface area contributed by atoms with Gasteiger partial charge in [0.05, 0.1) is 0 Å². The molecule has 1 aliphatic rings. The molecule has 0 aromatic carbocycles. The monoisotopic (exact) mass is 199 g/mol. The summed E-state index contributed by atoms with van der Waals surface area (Å²) in [4.78, 5) is 23.9. The number of nitrogens with zero attached hydrogens (tertiary/aromatic N) is 1. The number of hydrogen-bond acceptors (Lipinski definition) is 3. The topological polar surface area (TPSA) is 37.4 Å². The van der Waals surface area contributed by atoms with Crippen molar-refractivity contribution >= 4 is 23.6 Å². The highest BCUT2D eigenvalue weighted by Gasteiger charge is 2.29. The molecule has 72 valence electrons. The maximum atomic E-state index is 11.3. The molecule has 0 aromatic rings. The van der Waals surface area contributed by atoms with Gasteiger partial charge in [-0.1, -0.05) is 6.92 Å². The van der Waals surface area contributed by atoms with E-state index in [9.17, 15) is 9.59 Å². The summed E-state index contributed by atoms with van der Waals surface area (Å²) in [6.45, 7) is 1.99. The number of hydrogen-bond donors (Lipinski definition) is 0. The largest absolute Gasteiger partial charge is 0.271 e. The summed E-state index contributed by atoms with van der Waals surface area (Å²) >= 11 is 1.65. The fourth-order valence-electron chi connectivity index (χ4n) is 1.34. The first-order chi connectivity index (χ1) is 6.20. The number of carbonyl (C=O) groups excluding carboxylic acids is 2. The zero-order valence-electron chi connectivity index (χ0n) is 7.82. The highest BCUT2D eigenvalue weighted by Crippen LogP contribution is 2.15. The molecular formula is C9H13NO2S. The van der Waals surface area contributed by atoms with Crippen LogP contribution in [0.5, 0.6) is 0 Å². The van der Waals surface area contributed by atoms with Gasteiger partial charge in [-0.05, 0) is 12.7 Å². The summed E-state index contributed by atoms with van der Waals surface area (Å²) in [6, 6.07) is 0.0463. The van der Waals surface area contributed by atoms with Crippen LogP contribution in [-0.4, -0.2) is 34.8 Å². The van der Waals surface area contributed by atoms with Crippen LogP contribution >= 0.6 is 11.8 Å². The maximum Gasteiger partial charge on any atom is 0.253 e. The fraction of sp³-hybridized carbons (Fsp3) is 0.556. The van der Waals surface area contributed by atoms with Gasteiger partial charge in [0.1, 0.15) is 0 Å². The molecule has 1 unspecified atom stereocenters. The Morgan fingerprint density at radius 3 is 2.31 bits per heavy atom. The third-order valence-corrected chi connectivity index (χ3v) is 2.76. The molecule has 2 amide bonds. The zero-order chi connectivity index (χ0) is 9.84. The van der Waals surface area contributed by atoms with Crippen molar-refractivity contribution in [3.8, 4) is 0 Å². The number of carbonyl (C=O) groups is 2. The van der Waals surface area contributed by atoms with Crippen molar-refractivity contribution in [2.24, 2.45) is 0 Å². The predicted molar refractivity (Wildman–Crippen MR) is 53.5 cm³/mol. The molecule has 0 aromatic heterocycles. The van der Waals surface area contributed by atoms with Gasteiger partial charge in [-0.3, -0.25) is 14.5 Å². The van der Waals surface area contributed by atoms with Crippen LogP contribution in [0.3, 0.4) is 0 Å². The maximum absolute atomic E-state index is 11.3. The van der Waals surface area contributed by atoms with E-state index in [0.29, 0.717) is 0 Å². The third kappa shape index (κ3) is 2.12. The second-order valence-electron chi connectivity index (χ2n) is 2.90. The SMILES string of the molecule is CCC(CSC)N1C(=O)C=CC1=O. The zero-order valence-corrected chi connectivity index (χ0v) is 8.63. The quantitative estimate of drug-likeness (QED) is 0.635. The molecule has 13 heavy (non-hydrogen) atoms. The highest BCUT2D eigenvalue weighted by molar-refractivity contribution is 7.98. The molecule has 0 radical (unpaired) electrons. The van der Waals surface area contributed by atoms with E-state index in [2.05, 4.69) is 0 Å². The summed E-state index contributed by atoms with van der Waals surface area (Å²) in [7, 11) is 0. The van der Waals surface area contributed by atoms with Gasteiger partial charge in [0, 0.05) is 23.9 Å². The molecular weight excluding hydrogens is 186 g/mol. The van der Waals surface area contributed by atoms with Crippen LogP contribution < -0.4 is 0 Å². The Bertz CT molecular complexity index is 232. The molecule has 1 aliphatic heterocycles. The van der Waals surface area contributed by atoms with Gasteiger partial charge in [0.25, 0.3) is 11.8 Å². The fourth-order valence-corrected chi connectivity index (χ4v) is 2.11. The molecule has 1 heterocycles. The normalized spacial score (nSPS) is 18.5. The van der Waals surface area contributed by atoms with E-state index >= 15 is 0 Å². The van der Waals surface area contributed by atoms with Gasteiger partial charge in [0.2, 0.25) is 0 Å². The van der Waals surface area contributed by atoms with Crippen LogP contribution in [0, 0.1) is 0 Å². The summed E-state index contributed by atoms with van der Waals surface area (Å²) in [5.41, 5.74) is 0. The standard InChI is InChI=1S/C9H13NO2S/c1-3-7(6-13-2)10-8(11)4-5-9(10)12/h4-5,7H,3,6H2,1-2H3. The van der Waals surface area contributed by atoms with Crippen molar-refractivity contribution < 1.29 is 9.59 Å². The number of thioether (sulfide) groups is 1. The minimum absolute atomic E-state index is 0.0463. The average Bonchev–Trinajstić information content (AvgIpc) is 2.43. The van der Waals surface area contributed by atoms with E-state index in [1.54, 1.807) is 11.8 Å². The Labute approximate surface area is 82.2 Å². The Morgan fingerprint density at radius 1 is 1.38 bits per heavy atom. The number of rotatable bonds is 4. The molecule has 0 spiro atoms. The van der Waals surface area contributed by atoms with Gasteiger partial charge in [-0.2, -0.15) is 11.8 Å². The van der Waals surface area contributed by atoms with Crippen molar-refractivity contribution in [3.63, 3.8) is 0 Å². The van der Waals surface area contributed by atoms with Crippen molar-refractivity contribution in [3.05, 3.63) is 12.2 Å². The minimum atomic E-state index is -0.175. The van der Waals surface area contributed by atoms with Crippen LogP contribution in [0.25, 0.3) is 0 Å². The van der Waals surface area contributed by atoms with Crippen LogP contribution in [-0.2, 0) is 9.59 Å². The van der Waals surface area contributed by atoms with Crippen molar-refractivity contribution in [1.82, 2.24) is 4.90 Å². The van der Waals surface area contributed by atoms with Gasteiger partial charge < -0.3 is 0 Å². The Morgan fingerprint density at radius 2 is 1.92 bits per heavy atom. The Hall–Kier alpha value is -0.770. The molecule has 1 atom stereocenters.